The number of rotatable bonds is 0. The molecule has 0 aromatic carbocycles. The molecule has 4 heteroatoms. The van der Waals surface area contributed by atoms with E-state index in [9.17, 15) is 4.21 Å². The minimum absolute atomic E-state index is 0.437. The molecule has 0 bridgehead atoms. The van der Waals surface area contributed by atoms with Gasteiger partial charge in [0, 0.05) is 0 Å². The lowest BCUT2D eigenvalue weighted by Gasteiger charge is -2.10. The van der Waals surface area contributed by atoms with Crippen molar-refractivity contribution in [3.63, 3.8) is 0 Å². The minimum Gasteiger partial charge on any atom is -0.364 e. The Morgan fingerprint density at radius 2 is 2.57 bits per heavy atom. The minimum atomic E-state index is -0.815. The van der Waals surface area contributed by atoms with Crippen LogP contribution in [0.4, 0.5) is 0 Å². The highest BCUT2D eigenvalue weighted by atomic mass is 32.2. The third-order valence-electron chi connectivity index (χ3n) is 0.735. The van der Waals surface area contributed by atoms with Crippen LogP contribution in [0, 0.1) is 0 Å². The van der Waals surface area contributed by atoms with Crippen molar-refractivity contribution in [3.05, 3.63) is 0 Å². The molecule has 42 valence electrons. The van der Waals surface area contributed by atoms with Crippen molar-refractivity contribution in [1.29, 1.82) is 0 Å². The maximum absolute atomic E-state index is 10.4. The molecule has 1 rings (SSSR count). The summed E-state index contributed by atoms with van der Waals surface area (Å²) in [5, 5.41) is 0. The molecule has 0 aromatic rings. The van der Waals surface area contributed by atoms with E-state index in [-0.39, 0.29) is 0 Å². The summed E-state index contributed by atoms with van der Waals surface area (Å²) < 4.78 is 17.9. The molecule has 1 N–H and O–H groups in total. The second-order valence-electron chi connectivity index (χ2n) is 1.25. The first-order valence-corrected chi connectivity index (χ1v) is 3.41. The normalized spacial score (nSPS) is 32.9. The molecule has 1 aliphatic rings. The summed E-state index contributed by atoms with van der Waals surface area (Å²) in [7, 11) is -0.815. The van der Waals surface area contributed by atoms with Gasteiger partial charge < -0.3 is 4.74 Å². The van der Waals surface area contributed by atoms with Gasteiger partial charge in [0.1, 0.15) is 6.73 Å². The number of hydrogen-bond acceptors (Lipinski definition) is 2. The predicted molar refractivity (Wildman–Crippen MR) is 27.0 cm³/mol. The molecule has 1 atom stereocenters. The van der Waals surface area contributed by atoms with E-state index in [2.05, 4.69) is 4.72 Å². The molecule has 0 radical (unpaired) electrons. The lowest BCUT2D eigenvalue weighted by atomic mass is 10.9. The molecule has 1 saturated heterocycles. The Morgan fingerprint density at radius 1 is 1.71 bits per heavy atom. The smallest absolute Gasteiger partial charge is 0.108 e. The molecule has 1 unspecified atom stereocenters. The Labute approximate surface area is 44.6 Å². The quantitative estimate of drug-likeness (QED) is 0.457. The second-order valence-corrected chi connectivity index (χ2v) is 2.63. The average Bonchev–Trinajstić information content (AvgIpc) is 1.69. The fourth-order valence-corrected chi connectivity index (χ4v) is 1.01. The molecule has 1 heterocycles. The zero-order chi connectivity index (χ0) is 5.11. The van der Waals surface area contributed by atoms with Crippen LogP contribution in [0.2, 0.25) is 0 Å². The van der Waals surface area contributed by atoms with Gasteiger partial charge in [0.25, 0.3) is 0 Å². The average molecular weight is 121 g/mol. The molecule has 0 saturated carbocycles. The zero-order valence-electron chi connectivity index (χ0n) is 3.85. The largest absolute Gasteiger partial charge is 0.364 e. The van der Waals surface area contributed by atoms with Gasteiger partial charge in [-0.15, -0.1) is 0 Å². The van der Waals surface area contributed by atoms with Crippen molar-refractivity contribution in [1.82, 2.24) is 4.72 Å². The number of hydrogen-bond donors (Lipinski definition) is 1. The number of ether oxygens (including phenoxy) is 1. The van der Waals surface area contributed by atoms with Crippen molar-refractivity contribution in [3.8, 4) is 0 Å². The van der Waals surface area contributed by atoms with Crippen LogP contribution in [0.25, 0.3) is 0 Å². The van der Waals surface area contributed by atoms with Crippen LogP contribution in [-0.2, 0) is 15.7 Å². The van der Waals surface area contributed by atoms with Crippen LogP contribution in [0.5, 0.6) is 0 Å². The molecule has 0 spiro atoms. The molecule has 0 aromatic heterocycles. The van der Waals surface area contributed by atoms with Crippen LogP contribution in [0.1, 0.15) is 0 Å². The van der Waals surface area contributed by atoms with Crippen molar-refractivity contribution in [2.24, 2.45) is 0 Å². The van der Waals surface area contributed by atoms with E-state index in [1.165, 1.54) is 0 Å². The molecule has 7 heavy (non-hydrogen) atoms. The molecule has 3 nitrogen and oxygen atoms in total. The van der Waals surface area contributed by atoms with Gasteiger partial charge >= 0.3 is 0 Å². The zero-order valence-corrected chi connectivity index (χ0v) is 4.66. The van der Waals surface area contributed by atoms with E-state index < -0.39 is 11.0 Å². The van der Waals surface area contributed by atoms with Gasteiger partial charge in [0.2, 0.25) is 0 Å². The fourth-order valence-electron chi connectivity index (χ4n) is 0.386. The van der Waals surface area contributed by atoms with Crippen molar-refractivity contribution in [2.45, 2.75) is 0 Å². The van der Waals surface area contributed by atoms with Gasteiger partial charge in [-0.3, -0.25) is 0 Å². The van der Waals surface area contributed by atoms with E-state index in [1.807, 2.05) is 0 Å². The maximum atomic E-state index is 10.4. The van der Waals surface area contributed by atoms with Crippen LogP contribution in [0.3, 0.4) is 0 Å². The fraction of sp³-hybridized carbons (Fsp3) is 1.00. The van der Waals surface area contributed by atoms with Gasteiger partial charge in [-0.05, 0) is 0 Å². The van der Waals surface area contributed by atoms with E-state index in [0.29, 0.717) is 19.1 Å². The Balaban J connectivity index is 2.25. The van der Waals surface area contributed by atoms with Crippen LogP contribution in [-0.4, -0.2) is 23.3 Å². The van der Waals surface area contributed by atoms with Gasteiger partial charge in [-0.1, -0.05) is 0 Å². The summed E-state index contributed by atoms with van der Waals surface area (Å²) in [5.74, 6) is 0.625. The SMILES string of the molecule is O=S1CCOCN1. The lowest BCUT2D eigenvalue weighted by molar-refractivity contribution is 0.138. The van der Waals surface area contributed by atoms with Gasteiger partial charge in [-0.25, -0.2) is 8.93 Å². The van der Waals surface area contributed by atoms with E-state index >= 15 is 0 Å². The summed E-state index contributed by atoms with van der Waals surface area (Å²) in [6.45, 7) is 1.06. The predicted octanol–water partition coefficient (Wildman–Crippen LogP) is -0.773. The van der Waals surface area contributed by atoms with Crippen molar-refractivity contribution >= 4 is 11.0 Å². The van der Waals surface area contributed by atoms with Crippen molar-refractivity contribution < 1.29 is 8.95 Å². The Hall–Kier alpha value is 0.0700. The molecule has 1 aliphatic heterocycles. The Morgan fingerprint density at radius 3 is 2.86 bits per heavy atom. The first-order chi connectivity index (χ1) is 3.39. The van der Waals surface area contributed by atoms with E-state index in [0.717, 1.165) is 0 Å². The molecule has 0 aliphatic carbocycles. The number of nitrogens with one attached hydrogen (secondary N) is 1. The van der Waals surface area contributed by atoms with Gasteiger partial charge in [-0.2, -0.15) is 0 Å². The highest BCUT2D eigenvalue weighted by Crippen LogP contribution is 1.84. The first-order valence-electron chi connectivity index (χ1n) is 2.09. The van der Waals surface area contributed by atoms with Crippen LogP contribution >= 0.6 is 0 Å². The summed E-state index contributed by atoms with van der Waals surface area (Å²) in [4.78, 5) is 0. The third kappa shape index (κ3) is 1.54. The van der Waals surface area contributed by atoms with Gasteiger partial charge in [0.15, 0.2) is 0 Å². The topological polar surface area (TPSA) is 38.3 Å². The highest BCUT2D eigenvalue weighted by molar-refractivity contribution is 7.83. The monoisotopic (exact) mass is 121 g/mol. The highest BCUT2D eigenvalue weighted by Gasteiger charge is 2.02. The molecular formula is C3H7NO2S. The summed E-state index contributed by atoms with van der Waals surface area (Å²) in [6.07, 6.45) is 0. The first kappa shape index (κ1) is 5.21. The Bertz CT molecular complexity index is 77.0. The molecule has 1 fully saturated rings. The summed E-state index contributed by atoms with van der Waals surface area (Å²) in [5.41, 5.74) is 0. The standard InChI is InChI=1S/C3H7NO2S/c5-7-2-1-6-3-4-7/h4H,1-3H2. The Kier molecular flexibility index (Phi) is 1.78. The van der Waals surface area contributed by atoms with Gasteiger partial charge in [0.05, 0.1) is 23.3 Å². The molecular weight excluding hydrogens is 114 g/mol. The van der Waals surface area contributed by atoms with Crippen LogP contribution < -0.4 is 4.72 Å². The molecule has 0 amide bonds. The van der Waals surface area contributed by atoms with E-state index in [4.69, 9.17) is 4.74 Å². The van der Waals surface area contributed by atoms with E-state index in [1.54, 1.807) is 0 Å². The lowest BCUT2D eigenvalue weighted by Crippen LogP contribution is -2.30. The van der Waals surface area contributed by atoms with Crippen molar-refractivity contribution in [2.75, 3.05) is 19.1 Å². The van der Waals surface area contributed by atoms with Crippen LogP contribution in [0.15, 0.2) is 0 Å². The maximum Gasteiger partial charge on any atom is 0.108 e. The second kappa shape index (κ2) is 2.40. The summed E-state index contributed by atoms with van der Waals surface area (Å²) >= 11 is 0. The third-order valence-corrected chi connectivity index (χ3v) is 1.71. The summed E-state index contributed by atoms with van der Waals surface area (Å²) in [6, 6.07) is 0.